The number of nitrogens with zero attached hydrogens (tertiary/aromatic N) is 1. The Bertz CT molecular complexity index is 443. The van der Waals surface area contributed by atoms with Crippen LogP contribution in [0.2, 0.25) is 0 Å². The van der Waals surface area contributed by atoms with Crippen molar-refractivity contribution in [1.82, 2.24) is 10.2 Å². The van der Waals surface area contributed by atoms with Crippen molar-refractivity contribution >= 4 is 0 Å². The lowest BCUT2D eigenvalue weighted by molar-refractivity contribution is -0.0705. The summed E-state index contributed by atoms with van der Waals surface area (Å²) < 4.78 is 5.82. The number of rotatable bonds is 4. The molecule has 1 aliphatic rings. The summed E-state index contributed by atoms with van der Waals surface area (Å²) in [4.78, 5) is 2.51. The van der Waals surface area contributed by atoms with Crippen LogP contribution in [0.4, 0.5) is 0 Å². The van der Waals surface area contributed by atoms with Crippen molar-refractivity contribution < 1.29 is 4.74 Å². The highest BCUT2D eigenvalue weighted by molar-refractivity contribution is 5.27. The number of hydrogen-bond acceptors (Lipinski definition) is 3. The molecule has 0 amide bonds. The molecule has 1 saturated heterocycles. The van der Waals surface area contributed by atoms with E-state index in [0.29, 0.717) is 12.2 Å². The molecule has 2 rings (SSSR count). The maximum atomic E-state index is 5.82. The SMILES string of the molecule is C[C@@H]1CN(Cc2ccccc2CNC(C)(C)C)C[C@H](C)O1. The number of benzene rings is 1. The number of nitrogens with one attached hydrogen (secondary N) is 1. The van der Waals surface area contributed by atoms with Gasteiger partial charge in [0.15, 0.2) is 0 Å². The Kier molecular flexibility index (Phi) is 5.42. The molecular formula is C18H30N2O. The van der Waals surface area contributed by atoms with Crippen LogP contribution in [0.25, 0.3) is 0 Å². The maximum Gasteiger partial charge on any atom is 0.0678 e. The van der Waals surface area contributed by atoms with E-state index in [1.54, 1.807) is 0 Å². The van der Waals surface area contributed by atoms with Crippen LogP contribution >= 0.6 is 0 Å². The van der Waals surface area contributed by atoms with Crippen molar-refractivity contribution in [2.75, 3.05) is 13.1 Å². The third-order valence-corrected chi connectivity index (χ3v) is 3.82. The lowest BCUT2D eigenvalue weighted by Crippen LogP contribution is -2.45. The average molecular weight is 290 g/mol. The Hall–Kier alpha value is -0.900. The van der Waals surface area contributed by atoms with Crippen LogP contribution < -0.4 is 5.32 Å². The minimum atomic E-state index is 0.148. The smallest absolute Gasteiger partial charge is 0.0678 e. The number of morpholine rings is 1. The Balaban J connectivity index is 2.02. The summed E-state index contributed by atoms with van der Waals surface area (Å²) >= 11 is 0. The molecule has 1 heterocycles. The second-order valence-corrected chi connectivity index (χ2v) is 7.32. The van der Waals surface area contributed by atoms with Crippen molar-refractivity contribution in [3.8, 4) is 0 Å². The van der Waals surface area contributed by atoms with Crippen molar-refractivity contribution in [2.24, 2.45) is 0 Å². The highest BCUT2D eigenvalue weighted by Gasteiger charge is 2.22. The van der Waals surface area contributed by atoms with Gasteiger partial charge in [0.25, 0.3) is 0 Å². The second kappa shape index (κ2) is 6.91. The van der Waals surface area contributed by atoms with E-state index in [2.05, 4.69) is 69.1 Å². The third-order valence-electron chi connectivity index (χ3n) is 3.82. The van der Waals surface area contributed by atoms with E-state index < -0.39 is 0 Å². The van der Waals surface area contributed by atoms with Gasteiger partial charge >= 0.3 is 0 Å². The molecule has 118 valence electrons. The zero-order valence-corrected chi connectivity index (χ0v) is 14.1. The first-order chi connectivity index (χ1) is 9.83. The lowest BCUT2D eigenvalue weighted by Gasteiger charge is -2.35. The van der Waals surface area contributed by atoms with Gasteiger partial charge in [0.2, 0.25) is 0 Å². The normalized spacial score (nSPS) is 24.2. The fraction of sp³-hybridized carbons (Fsp3) is 0.667. The molecule has 1 aliphatic heterocycles. The maximum absolute atomic E-state index is 5.82. The summed E-state index contributed by atoms with van der Waals surface area (Å²) in [6, 6.07) is 8.77. The van der Waals surface area contributed by atoms with Gasteiger partial charge < -0.3 is 10.1 Å². The first-order valence-corrected chi connectivity index (χ1v) is 8.03. The van der Waals surface area contributed by atoms with Crippen molar-refractivity contribution in [3.05, 3.63) is 35.4 Å². The molecule has 1 N–H and O–H groups in total. The monoisotopic (exact) mass is 290 g/mol. The van der Waals surface area contributed by atoms with E-state index >= 15 is 0 Å². The second-order valence-electron chi connectivity index (χ2n) is 7.32. The topological polar surface area (TPSA) is 24.5 Å². The van der Waals surface area contributed by atoms with Crippen molar-refractivity contribution in [1.29, 1.82) is 0 Å². The molecule has 0 aliphatic carbocycles. The summed E-state index contributed by atoms with van der Waals surface area (Å²) in [5.41, 5.74) is 2.98. The Morgan fingerprint density at radius 2 is 1.67 bits per heavy atom. The highest BCUT2D eigenvalue weighted by atomic mass is 16.5. The summed E-state index contributed by atoms with van der Waals surface area (Å²) in [7, 11) is 0. The average Bonchev–Trinajstić information content (AvgIpc) is 2.35. The van der Waals surface area contributed by atoms with E-state index in [-0.39, 0.29) is 5.54 Å². The molecule has 21 heavy (non-hydrogen) atoms. The first kappa shape index (κ1) is 16.5. The summed E-state index contributed by atoms with van der Waals surface area (Å²) in [5, 5.41) is 3.59. The fourth-order valence-corrected chi connectivity index (χ4v) is 2.90. The van der Waals surface area contributed by atoms with Crippen LogP contribution in [0.5, 0.6) is 0 Å². The van der Waals surface area contributed by atoms with Gasteiger partial charge in [-0.25, -0.2) is 0 Å². The van der Waals surface area contributed by atoms with Crippen LogP contribution in [-0.2, 0) is 17.8 Å². The molecule has 2 atom stereocenters. The van der Waals surface area contributed by atoms with Gasteiger partial charge in [-0.2, -0.15) is 0 Å². The molecule has 3 nitrogen and oxygen atoms in total. The van der Waals surface area contributed by atoms with E-state index in [9.17, 15) is 0 Å². The van der Waals surface area contributed by atoms with Crippen LogP contribution in [0.3, 0.4) is 0 Å². The van der Waals surface area contributed by atoms with Gasteiger partial charge in [0, 0.05) is 31.7 Å². The Morgan fingerprint density at radius 3 is 2.24 bits per heavy atom. The van der Waals surface area contributed by atoms with Crippen LogP contribution in [0.1, 0.15) is 45.7 Å². The number of ether oxygens (including phenoxy) is 1. The molecule has 0 saturated carbocycles. The molecule has 1 aromatic rings. The minimum absolute atomic E-state index is 0.148. The van der Waals surface area contributed by atoms with Gasteiger partial charge in [-0.15, -0.1) is 0 Å². The third kappa shape index (κ3) is 5.42. The molecule has 0 unspecified atom stereocenters. The van der Waals surface area contributed by atoms with E-state index in [4.69, 9.17) is 4.74 Å². The van der Waals surface area contributed by atoms with E-state index in [1.165, 1.54) is 11.1 Å². The van der Waals surface area contributed by atoms with Crippen molar-refractivity contribution in [3.63, 3.8) is 0 Å². The fourth-order valence-electron chi connectivity index (χ4n) is 2.90. The zero-order chi connectivity index (χ0) is 15.5. The standard InChI is InChI=1S/C18H30N2O/c1-14-11-20(12-15(2)21-14)13-17-9-7-6-8-16(17)10-19-18(3,4)5/h6-9,14-15,19H,10-13H2,1-5H3/t14-,15+. The van der Waals surface area contributed by atoms with Gasteiger partial charge in [-0.1, -0.05) is 24.3 Å². The Morgan fingerprint density at radius 1 is 1.10 bits per heavy atom. The van der Waals surface area contributed by atoms with Crippen molar-refractivity contribution in [2.45, 2.75) is 65.5 Å². The molecule has 3 heteroatoms. The molecule has 1 fully saturated rings. The summed E-state index contributed by atoms with van der Waals surface area (Å²) in [5.74, 6) is 0. The van der Waals surface area contributed by atoms with Crippen LogP contribution in [0, 0.1) is 0 Å². The van der Waals surface area contributed by atoms with Crippen LogP contribution in [-0.4, -0.2) is 35.7 Å². The van der Waals surface area contributed by atoms with Gasteiger partial charge in [0.1, 0.15) is 0 Å². The van der Waals surface area contributed by atoms with Crippen LogP contribution in [0.15, 0.2) is 24.3 Å². The molecule has 1 aromatic carbocycles. The molecule has 0 radical (unpaired) electrons. The van der Waals surface area contributed by atoms with Gasteiger partial charge in [-0.3, -0.25) is 4.90 Å². The van der Waals surface area contributed by atoms with E-state index in [0.717, 1.165) is 26.2 Å². The van der Waals surface area contributed by atoms with Gasteiger partial charge in [0.05, 0.1) is 12.2 Å². The molecule has 0 aromatic heterocycles. The lowest BCUT2D eigenvalue weighted by atomic mass is 10.0. The zero-order valence-electron chi connectivity index (χ0n) is 14.1. The predicted molar refractivity (Wildman–Crippen MR) is 88.3 cm³/mol. The quantitative estimate of drug-likeness (QED) is 0.921. The molecule has 0 spiro atoms. The predicted octanol–water partition coefficient (Wildman–Crippen LogP) is 3.18. The first-order valence-electron chi connectivity index (χ1n) is 8.03. The minimum Gasteiger partial charge on any atom is -0.373 e. The largest absolute Gasteiger partial charge is 0.373 e. The number of hydrogen-bond donors (Lipinski definition) is 1. The Labute approximate surface area is 129 Å². The van der Waals surface area contributed by atoms with Gasteiger partial charge in [-0.05, 0) is 45.7 Å². The summed E-state index contributed by atoms with van der Waals surface area (Å²) in [6.45, 7) is 14.9. The molecular weight excluding hydrogens is 260 g/mol. The summed E-state index contributed by atoms with van der Waals surface area (Å²) in [6.07, 6.45) is 0.655. The highest BCUT2D eigenvalue weighted by Crippen LogP contribution is 2.17. The molecule has 0 bridgehead atoms. The van der Waals surface area contributed by atoms with E-state index in [1.807, 2.05) is 0 Å².